The monoisotopic (exact) mass is 512 g/mol. The van der Waals surface area contributed by atoms with Crippen molar-refractivity contribution in [3.05, 3.63) is 98.5 Å². The van der Waals surface area contributed by atoms with Crippen LogP contribution in [-0.2, 0) is 6.18 Å². The number of benzene rings is 3. The van der Waals surface area contributed by atoms with Gasteiger partial charge in [0.15, 0.2) is 0 Å². The lowest BCUT2D eigenvalue weighted by Crippen LogP contribution is -2.51. The Labute approximate surface area is 204 Å². The van der Waals surface area contributed by atoms with Crippen LogP contribution in [0.15, 0.2) is 66.7 Å². The Kier molecular flexibility index (Phi) is 6.80. The molecule has 33 heavy (non-hydrogen) atoms. The zero-order valence-corrected chi connectivity index (χ0v) is 19.4. The molecule has 0 spiro atoms. The highest BCUT2D eigenvalue weighted by Crippen LogP contribution is 2.38. The Morgan fingerprint density at radius 3 is 2.21 bits per heavy atom. The summed E-state index contributed by atoms with van der Waals surface area (Å²) < 4.78 is 40.5. The molecule has 1 atom stereocenters. The molecule has 3 nitrogen and oxygen atoms in total. The van der Waals surface area contributed by atoms with Crippen molar-refractivity contribution >= 4 is 46.4 Å². The van der Waals surface area contributed by atoms with E-state index in [1.807, 2.05) is 17.0 Å². The number of rotatable bonds is 3. The maximum Gasteiger partial charge on any atom is 0.417 e. The second-order valence-electron chi connectivity index (χ2n) is 7.65. The number of anilines is 1. The summed E-state index contributed by atoms with van der Waals surface area (Å²) in [6.45, 7) is 0.772. The third-order valence-corrected chi connectivity index (χ3v) is 6.39. The molecule has 3 aromatic carbocycles. The number of hydrogen-bond donors (Lipinski definition) is 0. The SMILES string of the molecule is O=C(c1ccccc1C(F)(F)F)N1CCN(c2ccc(Cl)cc2Cl)C(c2ccc(Cl)cc2)C1. The molecule has 1 amide bonds. The lowest BCUT2D eigenvalue weighted by Gasteiger charge is -2.43. The molecule has 1 aliphatic heterocycles. The molecular formula is C24H18Cl3F3N2O. The van der Waals surface area contributed by atoms with Crippen molar-refractivity contribution < 1.29 is 18.0 Å². The molecule has 0 aliphatic carbocycles. The van der Waals surface area contributed by atoms with Crippen LogP contribution in [0.1, 0.15) is 27.5 Å². The molecule has 1 aliphatic rings. The predicted molar refractivity (Wildman–Crippen MR) is 125 cm³/mol. The molecule has 9 heteroatoms. The first-order valence-corrected chi connectivity index (χ1v) is 11.2. The minimum Gasteiger partial charge on any atom is -0.360 e. The fourth-order valence-electron chi connectivity index (χ4n) is 4.03. The van der Waals surface area contributed by atoms with Crippen molar-refractivity contribution in [1.82, 2.24) is 4.90 Å². The maximum atomic E-state index is 13.5. The van der Waals surface area contributed by atoms with Crippen LogP contribution in [0.25, 0.3) is 0 Å². The van der Waals surface area contributed by atoms with Crippen LogP contribution in [0.3, 0.4) is 0 Å². The fourth-order valence-corrected chi connectivity index (χ4v) is 4.67. The minimum atomic E-state index is -4.62. The summed E-state index contributed by atoms with van der Waals surface area (Å²) in [6, 6.07) is 16.8. The van der Waals surface area contributed by atoms with Gasteiger partial charge in [-0.2, -0.15) is 13.2 Å². The second-order valence-corrected chi connectivity index (χ2v) is 8.93. The van der Waals surface area contributed by atoms with Gasteiger partial charge in [0.1, 0.15) is 0 Å². The maximum absolute atomic E-state index is 13.5. The van der Waals surface area contributed by atoms with Crippen molar-refractivity contribution in [3.8, 4) is 0 Å². The molecule has 1 heterocycles. The Balaban J connectivity index is 1.70. The quantitative estimate of drug-likeness (QED) is 0.365. The van der Waals surface area contributed by atoms with Crippen LogP contribution in [0.4, 0.5) is 18.9 Å². The van der Waals surface area contributed by atoms with E-state index in [0.29, 0.717) is 21.6 Å². The van der Waals surface area contributed by atoms with Gasteiger partial charge in [0.05, 0.1) is 27.9 Å². The molecule has 0 aromatic heterocycles. The van der Waals surface area contributed by atoms with Gasteiger partial charge in [-0.3, -0.25) is 4.79 Å². The Hall–Kier alpha value is -2.41. The van der Waals surface area contributed by atoms with Gasteiger partial charge in [-0.15, -0.1) is 0 Å². The summed E-state index contributed by atoms with van der Waals surface area (Å²) in [4.78, 5) is 16.7. The normalized spacial score (nSPS) is 16.7. The van der Waals surface area contributed by atoms with Crippen LogP contribution >= 0.6 is 34.8 Å². The van der Waals surface area contributed by atoms with Crippen LogP contribution in [0, 0.1) is 0 Å². The van der Waals surface area contributed by atoms with E-state index in [-0.39, 0.29) is 24.7 Å². The smallest absolute Gasteiger partial charge is 0.360 e. The van der Waals surface area contributed by atoms with E-state index in [9.17, 15) is 18.0 Å². The molecule has 172 valence electrons. The molecule has 1 saturated heterocycles. The van der Waals surface area contributed by atoms with Crippen molar-refractivity contribution in [3.63, 3.8) is 0 Å². The van der Waals surface area contributed by atoms with Gasteiger partial charge in [0, 0.05) is 29.7 Å². The summed E-state index contributed by atoms with van der Waals surface area (Å²) in [6.07, 6.45) is -4.62. The molecule has 1 fully saturated rings. The third-order valence-electron chi connectivity index (χ3n) is 5.60. The standard InChI is InChI=1S/C24H18Cl3F3N2O/c25-16-7-5-15(6-8-16)22-14-31(11-12-32(22)21-10-9-17(26)13-20(21)27)23(33)18-3-1-2-4-19(18)24(28,29)30/h1-10,13,22H,11-12,14H2. The number of amides is 1. The van der Waals surface area contributed by atoms with Gasteiger partial charge in [0.25, 0.3) is 5.91 Å². The highest BCUT2D eigenvalue weighted by Gasteiger charge is 2.38. The Morgan fingerprint density at radius 2 is 1.55 bits per heavy atom. The molecule has 3 aromatic rings. The lowest BCUT2D eigenvalue weighted by molar-refractivity contribution is -0.138. The third kappa shape index (κ3) is 5.08. The van der Waals surface area contributed by atoms with Crippen LogP contribution < -0.4 is 4.90 Å². The Bertz CT molecular complexity index is 1170. The highest BCUT2D eigenvalue weighted by molar-refractivity contribution is 6.36. The lowest BCUT2D eigenvalue weighted by atomic mass is 9.99. The summed E-state index contributed by atoms with van der Waals surface area (Å²) in [5.74, 6) is -0.663. The first kappa shape index (κ1) is 23.7. The first-order chi connectivity index (χ1) is 15.6. The van der Waals surface area contributed by atoms with Gasteiger partial charge < -0.3 is 9.80 Å². The van der Waals surface area contributed by atoms with E-state index >= 15 is 0 Å². The van der Waals surface area contributed by atoms with E-state index < -0.39 is 17.6 Å². The molecular weight excluding hydrogens is 496 g/mol. The number of halogens is 6. The number of carbonyl (C=O) groups excluding carboxylic acids is 1. The van der Waals surface area contributed by atoms with Gasteiger partial charge in [-0.1, -0.05) is 59.1 Å². The predicted octanol–water partition coefficient (Wildman–Crippen LogP) is 7.37. The fraction of sp³-hybridized carbons (Fsp3) is 0.208. The van der Waals surface area contributed by atoms with Crippen molar-refractivity contribution in [1.29, 1.82) is 0 Å². The molecule has 0 radical (unpaired) electrons. The van der Waals surface area contributed by atoms with E-state index in [1.54, 1.807) is 30.3 Å². The van der Waals surface area contributed by atoms with Crippen molar-refractivity contribution in [2.45, 2.75) is 12.2 Å². The summed E-state index contributed by atoms with van der Waals surface area (Å²) >= 11 is 18.5. The van der Waals surface area contributed by atoms with Crippen molar-refractivity contribution in [2.24, 2.45) is 0 Å². The summed E-state index contributed by atoms with van der Waals surface area (Å²) in [5.41, 5.74) is 0.273. The zero-order chi connectivity index (χ0) is 23.8. The number of piperazine rings is 1. The van der Waals surface area contributed by atoms with Crippen molar-refractivity contribution in [2.75, 3.05) is 24.5 Å². The van der Waals surface area contributed by atoms with Crippen LogP contribution in [0.2, 0.25) is 15.1 Å². The van der Waals surface area contributed by atoms with Crippen LogP contribution in [0.5, 0.6) is 0 Å². The summed E-state index contributed by atoms with van der Waals surface area (Å²) in [5, 5.41) is 1.49. The summed E-state index contributed by atoms with van der Waals surface area (Å²) in [7, 11) is 0. The number of nitrogens with zero attached hydrogens (tertiary/aromatic N) is 2. The van der Waals surface area contributed by atoms with E-state index in [2.05, 4.69) is 0 Å². The largest absolute Gasteiger partial charge is 0.417 e. The molecule has 0 N–H and O–H groups in total. The van der Waals surface area contributed by atoms with E-state index in [1.165, 1.54) is 23.1 Å². The average Bonchev–Trinajstić information content (AvgIpc) is 2.78. The average molecular weight is 514 g/mol. The number of carbonyl (C=O) groups is 1. The van der Waals surface area contributed by atoms with E-state index in [0.717, 1.165) is 17.3 Å². The molecule has 0 bridgehead atoms. The molecule has 4 rings (SSSR count). The first-order valence-electron chi connectivity index (χ1n) is 10.1. The van der Waals surface area contributed by atoms with E-state index in [4.69, 9.17) is 34.8 Å². The van der Waals surface area contributed by atoms with Gasteiger partial charge in [-0.25, -0.2) is 0 Å². The minimum absolute atomic E-state index is 0.172. The second kappa shape index (κ2) is 9.45. The van der Waals surface area contributed by atoms with Gasteiger partial charge >= 0.3 is 6.18 Å². The number of hydrogen-bond acceptors (Lipinski definition) is 2. The Morgan fingerprint density at radius 1 is 0.879 bits per heavy atom. The highest BCUT2D eigenvalue weighted by atomic mass is 35.5. The molecule has 1 unspecified atom stereocenters. The number of alkyl halides is 3. The topological polar surface area (TPSA) is 23.6 Å². The van der Waals surface area contributed by atoms with Gasteiger partial charge in [-0.05, 0) is 48.0 Å². The zero-order valence-electron chi connectivity index (χ0n) is 17.1. The van der Waals surface area contributed by atoms with Crippen LogP contribution in [-0.4, -0.2) is 30.4 Å². The van der Waals surface area contributed by atoms with Gasteiger partial charge in [0.2, 0.25) is 0 Å². The molecule has 0 saturated carbocycles.